The van der Waals surface area contributed by atoms with Gasteiger partial charge < -0.3 is 9.80 Å². The average molecular weight is 346 g/mol. The van der Waals surface area contributed by atoms with Gasteiger partial charge in [-0.15, -0.1) is 0 Å². The number of rotatable bonds is 2. The Bertz CT molecular complexity index is 621. The highest BCUT2D eigenvalue weighted by atomic mass is 19.1. The fourth-order valence-corrected chi connectivity index (χ4v) is 4.24. The molecule has 2 aliphatic rings. The molecule has 0 radical (unpaired) electrons. The molecule has 3 atom stereocenters. The van der Waals surface area contributed by atoms with Gasteiger partial charge in [-0.1, -0.05) is 13.8 Å². The van der Waals surface area contributed by atoms with Crippen LogP contribution >= 0.6 is 0 Å². The van der Waals surface area contributed by atoms with Gasteiger partial charge in [0.2, 0.25) is 5.91 Å². The van der Waals surface area contributed by atoms with Gasteiger partial charge in [-0.05, 0) is 55.4 Å². The predicted octanol–water partition coefficient (Wildman–Crippen LogP) is 3.18. The van der Waals surface area contributed by atoms with Crippen molar-refractivity contribution in [1.82, 2.24) is 9.80 Å². The molecule has 25 heavy (non-hydrogen) atoms. The molecule has 2 heterocycles. The maximum Gasteiger partial charge on any atom is 0.253 e. The number of likely N-dealkylation sites (tertiary alicyclic amines) is 2. The van der Waals surface area contributed by atoms with Crippen molar-refractivity contribution in [3.63, 3.8) is 0 Å². The Morgan fingerprint density at radius 1 is 1.00 bits per heavy atom. The van der Waals surface area contributed by atoms with Gasteiger partial charge in [-0.2, -0.15) is 0 Å². The first kappa shape index (κ1) is 17.9. The van der Waals surface area contributed by atoms with E-state index in [1.165, 1.54) is 30.7 Å². The summed E-state index contributed by atoms with van der Waals surface area (Å²) in [5.74, 6) is 0.682. The highest BCUT2D eigenvalue weighted by Gasteiger charge is 2.34. The third kappa shape index (κ3) is 4.20. The van der Waals surface area contributed by atoms with Crippen LogP contribution in [0.4, 0.5) is 4.39 Å². The molecule has 2 saturated heterocycles. The van der Waals surface area contributed by atoms with E-state index in [4.69, 9.17) is 0 Å². The van der Waals surface area contributed by atoms with Crippen molar-refractivity contribution in [3.05, 3.63) is 35.6 Å². The Morgan fingerprint density at radius 3 is 2.28 bits per heavy atom. The molecule has 2 amide bonds. The number of halogens is 1. The molecule has 4 nitrogen and oxygen atoms in total. The first-order valence-corrected chi connectivity index (χ1v) is 9.27. The Kier molecular flexibility index (Phi) is 5.40. The minimum Gasteiger partial charge on any atom is -0.342 e. The summed E-state index contributed by atoms with van der Waals surface area (Å²) in [6.45, 7) is 7.17. The highest BCUT2D eigenvalue weighted by Crippen LogP contribution is 2.26. The largest absolute Gasteiger partial charge is 0.342 e. The number of hydrogen-bond acceptors (Lipinski definition) is 2. The maximum absolute atomic E-state index is 13.1. The van der Waals surface area contributed by atoms with Gasteiger partial charge in [0.15, 0.2) is 0 Å². The average Bonchev–Trinajstić information content (AvgIpc) is 2.60. The van der Waals surface area contributed by atoms with E-state index in [2.05, 4.69) is 13.8 Å². The van der Waals surface area contributed by atoms with E-state index in [0.717, 1.165) is 25.9 Å². The minimum absolute atomic E-state index is 0.113. The van der Waals surface area contributed by atoms with E-state index in [-0.39, 0.29) is 23.5 Å². The minimum atomic E-state index is -0.350. The van der Waals surface area contributed by atoms with Gasteiger partial charge >= 0.3 is 0 Å². The molecule has 0 aromatic heterocycles. The second-order valence-corrected chi connectivity index (χ2v) is 7.79. The van der Waals surface area contributed by atoms with Gasteiger partial charge in [0, 0.05) is 31.7 Å². The summed E-state index contributed by atoms with van der Waals surface area (Å²) in [6.07, 6.45) is 2.84. The molecule has 3 unspecified atom stereocenters. The fourth-order valence-electron chi connectivity index (χ4n) is 4.24. The van der Waals surface area contributed by atoms with E-state index in [0.29, 0.717) is 30.5 Å². The monoisotopic (exact) mass is 346 g/mol. The lowest BCUT2D eigenvalue weighted by Crippen LogP contribution is -2.50. The van der Waals surface area contributed by atoms with Crippen LogP contribution in [0.5, 0.6) is 0 Å². The SMILES string of the molecule is CC1CC(C)CN(C(=O)C2CCCN(C(=O)c3ccc(F)cc3)C2)C1. The maximum atomic E-state index is 13.1. The van der Waals surface area contributed by atoms with Crippen LogP contribution in [-0.4, -0.2) is 47.8 Å². The zero-order chi connectivity index (χ0) is 18.0. The summed E-state index contributed by atoms with van der Waals surface area (Å²) in [4.78, 5) is 29.3. The van der Waals surface area contributed by atoms with Crippen molar-refractivity contribution < 1.29 is 14.0 Å². The summed E-state index contributed by atoms with van der Waals surface area (Å²) in [7, 11) is 0. The fraction of sp³-hybridized carbons (Fsp3) is 0.600. The van der Waals surface area contributed by atoms with E-state index >= 15 is 0 Å². The molecule has 0 N–H and O–H groups in total. The second-order valence-electron chi connectivity index (χ2n) is 7.79. The van der Waals surface area contributed by atoms with Crippen LogP contribution in [0.15, 0.2) is 24.3 Å². The molecule has 136 valence electrons. The third-order valence-electron chi connectivity index (χ3n) is 5.33. The number of benzene rings is 1. The van der Waals surface area contributed by atoms with E-state index in [9.17, 15) is 14.0 Å². The third-order valence-corrected chi connectivity index (χ3v) is 5.33. The Morgan fingerprint density at radius 2 is 1.64 bits per heavy atom. The molecular weight excluding hydrogens is 319 g/mol. The number of amides is 2. The van der Waals surface area contributed by atoms with Crippen molar-refractivity contribution >= 4 is 11.8 Å². The summed E-state index contributed by atoms with van der Waals surface area (Å²) in [5, 5.41) is 0. The lowest BCUT2D eigenvalue weighted by atomic mass is 9.89. The van der Waals surface area contributed by atoms with Gasteiger partial charge in [-0.25, -0.2) is 4.39 Å². The first-order chi connectivity index (χ1) is 11.9. The van der Waals surface area contributed by atoms with E-state index in [1.807, 2.05) is 4.90 Å². The second kappa shape index (κ2) is 7.54. The van der Waals surface area contributed by atoms with E-state index < -0.39 is 0 Å². The van der Waals surface area contributed by atoms with Crippen molar-refractivity contribution in [2.45, 2.75) is 33.1 Å². The molecule has 0 spiro atoms. The lowest BCUT2D eigenvalue weighted by Gasteiger charge is -2.39. The topological polar surface area (TPSA) is 40.6 Å². The van der Waals surface area contributed by atoms with Crippen molar-refractivity contribution in [3.8, 4) is 0 Å². The van der Waals surface area contributed by atoms with Crippen LogP contribution in [0.25, 0.3) is 0 Å². The normalized spacial score (nSPS) is 27.2. The number of carbonyl (C=O) groups is 2. The quantitative estimate of drug-likeness (QED) is 0.825. The van der Waals surface area contributed by atoms with Crippen molar-refractivity contribution in [2.24, 2.45) is 17.8 Å². The molecule has 3 rings (SSSR count). The Hall–Kier alpha value is -1.91. The van der Waals surface area contributed by atoms with Crippen LogP contribution in [0.2, 0.25) is 0 Å². The Balaban J connectivity index is 1.65. The van der Waals surface area contributed by atoms with Crippen molar-refractivity contribution in [1.29, 1.82) is 0 Å². The highest BCUT2D eigenvalue weighted by molar-refractivity contribution is 5.94. The number of hydrogen-bond donors (Lipinski definition) is 0. The van der Waals surface area contributed by atoms with Gasteiger partial charge in [-0.3, -0.25) is 9.59 Å². The molecule has 0 saturated carbocycles. The number of carbonyl (C=O) groups excluding carboxylic acids is 2. The van der Waals surface area contributed by atoms with Crippen LogP contribution in [0, 0.1) is 23.6 Å². The standard InChI is InChI=1S/C20H27FN2O2/c1-14-10-15(2)12-23(11-14)20(25)17-4-3-9-22(13-17)19(24)16-5-7-18(21)8-6-16/h5-8,14-15,17H,3-4,9-13H2,1-2H3. The van der Waals surface area contributed by atoms with Crippen LogP contribution in [0.3, 0.4) is 0 Å². The van der Waals surface area contributed by atoms with Gasteiger partial charge in [0.1, 0.15) is 5.82 Å². The van der Waals surface area contributed by atoms with E-state index in [1.54, 1.807) is 4.90 Å². The molecule has 2 aliphatic heterocycles. The molecular formula is C20H27FN2O2. The Labute approximate surface area is 149 Å². The first-order valence-electron chi connectivity index (χ1n) is 9.27. The lowest BCUT2D eigenvalue weighted by molar-refractivity contribution is -0.139. The molecule has 5 heteroatoms. The number of piperidine rings is 2. The van der Waals surface area contributed by atoms with Crippen LogP contribution < -0.4 is 0 Å². The molecule has 2 fully saturated rings. The summed E-state index contributed by atoms with van der Waals surface area (Å²) in [5.41, 5.74) is 0.481. The number of nitrogens with zero attached hydrogens (tertiary/aromatic N) is 2. The molecule has 1 aromatic rings. The van der Waals surface area contributed by atoms with Crippen LogP contribution in [-0.2, 0) is 4.79 Å². The van der Waals surface area contributed by atoms with Gasteiger partial charge in [0.25, 0.3) is 5.91 Å². The predicted molar refractivity (Wildman–Crippen MR) is 94.6 cm³/mol. The summed E-state index contributed by atoms with van der Waals surface area (Å²) in [6, 6.07) is 5.63. The van der Waals surface area contributed by atoms with Gasteiger partial charge in [0.05, 0.1) is 5.92 Å². The van der Waals surface area contributed by atoms with Crippen LogP contribution in [0.1, 0.15) is 43.5 Å². The molecule has 1 aromatic carbocycles. The molecule has 0 aliphatic carbocycles. The van der Waals surface area contributed by atoms with Crippen molar-refractivity contribution in [2.75, 3.05) is 26.2 Å². The zero-order valence-corrected chi connectivity index (χ0v) is 15.1. The summed E-state index contributed by atoms with van der Waals surface area (Å²) >= 11 is 0. The molecule has 0 bridgehead atoms. The smallest absolute Gasteiger partial charge is 0.253 e. The summed E-state index contributed by atoms with van der Waals surface area (Å²) < 4.78 is 13.1. The zero-order valence-electron chi connectivity index (χ0n) is 15.1.